The number of rotatable bonds is 3. The Balaban J connectivity index is 2.25. The van der Waals surface area contributed by atoms with Crippen molar-refractivity contribution in [2.75, 3.05) is 20.2 Å². The summed E-state index contributed by atoms with van der Waals surface area (Å²) in [5, 5.41) is 10.7. The topological polar surface area (TPSA) is 90.2 Å². The van der Waals surface area contributed by atoms with Crippen LogP contribution in [0.3, 0.4) is 0 Å². The van der Waals surface area contributed by atoms with Crippen molar-refractivity contribution in [1.82, 2.24) is 25.1 Å². The molecule has 1 amide bonds. The fourth-order valence-corrected chi connectivity index (χ4v) is 1.76. The maximum Gasteiger partial charge on any atom is 0.378 e. The molecule has 17 heavy (non-hydrogen) atoms. The molecule has 1 fully saturated rings. The number of tetrazole rings is 1. The number of nitrogens with zero attached hydrogens (tertiary/aromatic N) is 5. The summed E-state index contributed by atoms with van der Waals surface area (Å²) in [7, 11) is 1.71. The van der Waals surface area contributed by atoms with E-state index in [0.29, 0.717) is 13.0 Å². The Labute approximate surface area is 97.5 Å². The van der Waals surface area contributed by atoms with Gasteiger partial charge in [-0.2, -0.15) is 0 Å². The zero-order chi connectivity index (χ0) is 12.4. The zero-order valence-electron chi connectivity index (χ0n) is 9.66. The number of carbonyl (C=O) groups is 2. The number of ether oxygens (including phenoxy) is 1. The highest BCUT2D eigenvalue weighted by molar-refractivity contribution is 5.87. The number of likely N-dealkylation sites (tertiary alicyclic amines) is 1. The molecule has 0 bridgehead atoms. The van der Waals surface area contributed by atoms with Crippen molar-refractivity contribution >= 4 is 11.9 Å². The molecule has 0 aliphatic carbocycles. The Morgan fingerprint density at radius 3 is 2.94 bits per heavy atom. The molecule has 0 radical (unpaired) electrons. The van der Waals surface area contributed by atoms with Gasteiger partial charge in [0.15, 0.2) is 0 Å². The van der Waals surface area contributed by atoms with Gasteiger partial charge >= 0.3 is 5.97 Å². The Kier molecular flexibility index (Phi) is 3.03. The molecule has 1 atom stereocenters. The minimum Gasteiger partial charge on any atom is -0.460 e. The van der Waals surface area contributed by atoms with Crippen molar-refractivity contribution in [2.45, 2.75) is 19.4 Å². The van der Waals surface area contributed by atoms with Gasteiger partial charge in [0.1, 0.15) is 6.04 Å². The van der Waals surface area contributed by atoms with Gasteiger partial charge in [0.25, 0.3) is 5.82 Å². The summed E-state index contributed by atoms with van der Waals surface area (Å²) in [6, 6.07) is -0.505. The van der Waals surface area contributed by atoms with Gasteiger partial charge in [-0.1, -0.05) is 0 Å². The van der Waals surface area contributed by atoms with E-state index >= 15 is 0 Å². The van der Waals surface area contributed by atoms with Gasteiger partial charge in [0, 0.05) is 13.6 Å². The lowest BCUT2D eigenvalue weighted by Gasteiger charge is -2.10. The van der Waals surface area contributed by atoms with Gasteiger partial charge in [0.05, 0.1) is 6.61 Å². The van der Waals surface area contributed by atoms with Gasteiger partial charge in [-0.25, -0.2) is 9.48 Å². The fourth-order valence-electron chi connectivity index (χ4n) is 1.76. The number of amides is 1. The molecule has 1 aliphatic rings. The smallest absolute Gasteiger partial charge is 0.378 e. The first-order chi connectivity index (χ1) is 8.15. The standard InChI is InChI=1S/C9H13N5O3/c1-3-17-9(16)7-10-11-12-14(7)6-4-5-13(2)8(6)15/h6H,3-5H2,1-2H3. The maximum atomic E-state index is 11.8. The summed E-state index contributed by atoms with van der Waals surface area (Å²) in [5.74, 6) is -0.733. The third-order valence-corrected chi connectivity index (χ3v) is 2.65. The highest BCUT2D eigenvalue weighted by Gasteiger charge is 2.35. The second kappa shape index (κ2) is 4.48. The van der Waals surface area contributed by atoms with Crippen molar-refractivity contribution in [3.05, 3.63) is 5.82 Å². The van der Waals surface area contributed by atoms with Crippen molar-refractivity contribution in [3.8, 4) is 0 Å². The highest BCUT2D eigenvalue weighted by Crippen LogP contribution is 2.21. The summed E-state index contributed by atoms with van der Waals surface area (Å²) in [6.45, 7) is 2.57. The molecule has 8 heteroatoms. The summed E-state index contributed by atoms with van der Waals surface area (Å²) in [6.07, 6.45) is 0.590. The van der Waals surface area contributed by atoms with Gasteiger partial charge in [0.2, 0.25) is 5.91 Å². The van der Waals surface area contributed by atoms with E-state index in [0.717, 1.165) is 0 Å². The van der Waals surface area contributed by atoms with E-state index in [1.807, 2.05) is 0 Å². The molecule has 0 saturated carbocycles. The van der Waals surface area contributed by atoms with Gasteiger partial charge in [-0.3, -0.25) is 4.79 Å². The van der Waals surface area contributed by atoms with E-state index in [4.69, 9.17) is 4.74 Å². The number of esters is 1. The van der Waals surface area contributed by atoms with E-state index in [1.165, 1.54) is 4.68 Å². The quantitative estimate of drug-likeness (QED) is 0.645. The molecule has 0 aromatic carbocycles. The number of aromatic nitrogens is 4. The first kappa shape index (κ1) is 11.5. The van der Waals surface area contributed by atoms with Crippen molar-refractivity contribution in [1.29, 1.82) is 0 Å². The SMILES string of the molecule is CCOC(=O)c1nnnn1C1CCN(C)C1=O. The number of hydrogen-bond acceptors (Lipinski definition) is 6. The Bertz CT molecular complexity index is 444. The molecule has 1 aliphatic heterocycles. The lowest BCUT2D eigenvalue weighted by atomic mass is 10.2. The molecule has 0 N–H and O–H groups in total. The number of likely N-dealkylation sites (N-methyl/N-ethyl adjacent to an activating group) is 1. The van der Waals surface area contributed by atoms with E-state index < -0.39 is 12.0 Å². The van der Waals surface area contributed by atoms with Crippen molar-refractivity contribution < 1.29 is 14.3 Å². The van der Waals surface area contributed by atoms with Crippen LogP contribution < -0.4 is 0 Å². The Morgan fingerprint density at radius 1 is 1.59 bits per heavy atom. The van der Waals surface area contributed by atoms with Gasteiger partial charge in [-0.15, -0.1) is 5.10 Å². The highest BCUT2D eigenvalue weighted by atomic mass is 16.5. The van der Waals surface area contributed by atoms with E-state index in [2.05, 4.69) is 15.5 Å². The van der Waals surface area contributed by atoms with Gasteiger partial charge < -0.3 is 9.64 Å². The average Bonchev–Trinajstić information content (AvgIpc) is 2.88. The second-order valence-electron chi connectivity index (χ2n) is 3.73. The summed E-state index contributed by atoms with van der Waals surface area (Å²) in [4.78, 5) is 24.9. The summed E-state index contributed by atoms with van der Waals surface area (Å²) in [5.41, 5.74) is 0. The van der Waals surface area contributed by atoms with Crippen molar-refractivity contribution in [3.63, 3.8) is 0 Å². The van der Waals surface area contributed by atoms with E-state index in [1.54, 1.807) is 18.9 Å². The maximum absolute atomic E-state index is 11.8. The first-order valence-corrected chi connectivity index (χ1v) is 5.35. The summed E-state index contributed by atoms with van der Waals surface area (Å²) >= 11 is 0. The molecule has 2 rings (SSSR count). The third kappa shape index (κ3) is 1.97. The molecule has 1 aromatic heterocycles. The van der Waals surface area contributed by atoms with Crippen LogP contribution in [-0.4, -0.2) is 57.2 Å². The normalized spacial score (nSPS) is 19.8. The van der Waals surface area contributed by atoms with Crippen LogP contribution in [-0.2, 0) is 9.53 Å². The minimum atomic E-state index is -0.611. The van der Waals surface area contributed by atoms with Crippen LogP contribution in [0, 0.1) is 0 Å². The molecule has 8 nitrogen and oxygen atoms in total. The molecular weight excluding hydrogens is 226 g/mol. The predicted octanol–water partition coefficient (Wildman–Crippen LogP) is -0.747. The zero-order valence-corrected chi connectivity index (χ0v) is 9.66. The lowest BCUT2D eigenvalue weighted by Crippen LogP contribution is -2.27. The molecule has 1 unspecified atom stereocenters. The minimum absolute atomic E-state index is 0.0273. The molecule has 1 saturated heterocycles. The predicted molar refractivity (Wildman–Crippen MR) is 55.1 cm³/mol. The van der Waals surface area contributed by atoms with Crippen molar-refractivity contribution in [2.24, 2.45) is 0 Å². The van der Waals surface area contributed by atoms with Crippen LogP contribution in [0.25, 0.3) is 0 Å². The molecule has 0 spiro atoms. The molecule has 92 valence electrons. The Hall–Kier alpha value is -1.99. The van der Waals surface area contributed by atoms with Crippen LogP contribution in [0.5, 0.6) is 0 Å². The Morgan fingerprint density at radius 2 is 2.35 bits per heavy atom. The largest absolute Gasteiger partial charge is 0.460 e. The first-order valence-electron chi connectivity index (χ1n) is 5.35. The van der Waals surface area contributed by atoms with Gasteiger partial charge in [-0.05, 0) is 23.8 Å². The average molecular weight is 239 g/mol. The molecule has 1 aromatic rings. The van der Waals surface area contributed by atoms with Crippen LogP contribution in [0.15, 0.2) is 0 Å². The van der Waals surface area contributed by atoms with Crippen LogP contribution >= 0.6 is 0 Å². The van der Waals surface area contributed by atoms with E-state index in [-0.39, 0.29) is 18.3 Å². The van der Waals surface area contributed by atoms with Crippen LogP contribution in [0.2, 0.25) is 0 Å². The molecule has 2 heterocycles. The fraction of sp³-hybridized carbons (Fsp3) is 0.667. The number of hydrogen-bond donors (Lipinski definition) is 0. The lowest BCUT2D eigenvalue weighted by molar-refractivity contribution is -0.129. The third-order valence-electron chi connectivity index (χ3n) is 2.65. The second-order valence-corrected chi connectivity index (χ2v) is 3.73. The van der Waals surface area contributed by atoms with E-state index in [9.17, 15) is 9.59 Å². The summed E-state index contributed by atoms with van der Waals surface area (Å²) < 4.78 is 6.06. The van der Waals surface area contributed by atoms with Crippen LogP contribution in [0.4, 0.5) is 0 Å². The molecular formula is C9H13N5O3. The monoisotopic (exact) mass is 239 g/mol. The van der Waals surface area contributed by atoms with Crippen LogP contribution in [0.1, 0.15) is 30.0 Å². The number of carbonyl (C=O) groups excluding carboxylic acids is 2.